The molecule has 1 saturated heterocycles. The monoisotopic (exact) mass is 318 g/mol. The molecule has 6 nitrogen and oxygen atoms in total. The predicted molar refractivity (Wildman–Crippen MR) is 86.3 cm³/mol. The lowest BCUT2D eigenvalue weighted by molar-refractivity contribution is -0.131. The number of ether oxygens (including phenoxy) is 1. The van der Waals surface area contributed by atoms with Crippen molar-refractivity contribution in [1.82, 2.24) is 15.1 Å². The van der Waals surface area contributed by atoms with E-state index in [2.05, 4.69) is 10.2 Å². The summed E-state index contributed by atoms with van der Waals surface area (Å²) in [5.41, 5.74) is 0.998. The van der Waals surface area contributed by atoms with Crippen molar-refractivity contribution >= 4 is 22.4 Å². The maximum absolute atomic E-state index is 12.0. The third-order valence-corrected chi connectivity index (χ3v) is 4.92. The van der Waals surface area contributed by atoms with Crippen molar-refractivity contribution in [2.45, 2.75) is 13.0 Å². The molecule has 1 amide bonds. The van der Waals surface area contributed by atoms with Crippen LogP contribution in [0.5, 0.6) is 5.75 Å². The quantitative estimate of drug-likeness (QED) is 0.865. The third-order valence-electron chi connectivity index (χ3n) is 3.89. The van der Waals surface area contributed by atoms with Gasteiger partial charge < -0.3 is 14.5 Å². The van der Waals surface area contributed by atoms with E-state index >= 15 is 0 Å². The highest BCUT2D eigenvalue weighted by Gasteiger charge is 2.28. The Kier molecular flexibility index (Phi) is 3.98. The lowest BCUT2D eigenvalue weighted by Gasteiger charge is -2.36. The van der Waals surface area contributed by atoms with Gasteiger partial charge in [0.1, 0.15) is 10.8 Å². The third kappa shape index (κ3) is 2.76. The number of hydrogen-bond donors (Lipinski definition) is 0. The molecule has 0 saturated carbocycles. The standard InChI is InChI=1S/C15H18N4O2S/c1-10-8-19(9-13(20)18(10)2)15-17-16-14(22-15)11-4-6-12(21-3)7-5-11/h4-7,10H,8-9H2,1-3H3. The van der Waals surface area contributed by atoms with Gasteiger partial charge in [0.25, 0.3) is 0 Å². The molecule has 1 unspecified atom stereocenters. The van der Waals surface area contributed by atoms with Crippen LogP contribution >= 0.6 is 11.3 Å². The molecule has 1 aliphatic heterocycles. The molecule has 1 aromatic heterocycles. The normalized spacial score (nSPS) is 18.7. The molecule has 22 heavy (non-hydrogen) atoms. The Balaban J connectivity index is 1.80. The van der Waals surface area contributed by atoms with Crippen LogP contribution in [0.4, 0.5) is 5.13 Å². The second-order valence-electron chi connectivity index (χ2n) is 5.35. The zero-order valence-corrected chi connectivity index (χ0v) is 13.6. The van der Waals surface area contributed by atoms with Crippen LogP contribution in [0.15, 0.2) is 24.3 Å². The van der Waals surface area contributed by atoms with Crippen LogP contribution in [-0.4, -0.2) is 54.3 Å². The second-order valence-corrected chi connectivity index (χ2v) is 6.31. The highest BCUT2D eigenvalue weighted by Crippen LogP contribution is 2.30. The molecule has 1 atom stereocenters. The van der Waals surface area contributed by atoms with Gasteiger partial charge in [-0.1, -0.05) is 11.3 Å². The fraction of sp³-hybridized carbons (Fsp3) is 0.400. The summed E-state index contributed by atoms with van der Waals surface area (Å²) in [6.45, 7) is 3.17. The molecule has 1 aliphatic rings. The first-order chi connectivity index (χ1) is 10.6. The lowest BCUT2D eigenvalue weighted by atomic mass is 10.2. The molecule has 0 spiro atoms. The smallest absolute Gasteiger partial charge is 0.242 e. The van der Waals surface area contributed by atoms with Gasteiger partial charge in [0.2, 0.25) is 11.0 Å². The zero-order valence-electron chi connectivity index (χ0n) is 12.8. The number of nitrogens with zero attached hydrogens (tertiary/aromatic N) is 4. The SMILES string of the molecule is COc1ccc(-c2nnc(N3CC(=O)N(C)C(C)C3)s2)cc1. The number of carbonyl (C=O) groups excluding carboxylic acids is 1. The maximum atomic E-state index is 12.0. The second kappa shape index (κ2) is 5.92. The number of likely N-dealkylation sites (N-methyl/N-ethyl adjacent to an activating group) is 1. The van der Waals surface area contributed by atoms with E-state index in [1.54, 1.807) is 12.0 Å². The van der Waals surface area contributed by atoms with Crippen molar-refractivity contribution < 1.29 is 9.53 Å². The Morgan fingerprint density at radius 3 is 2.64 bits per heavy atom. The maximum Gasteiger partial charge on any atom is 0.242 e. The highest BCUT2D eigenvalue weighted by molar-refractivity contribution is 7.18. The number of rotatable bonds is 3. The molecule has 2 aromatic rings. The fourth-order valence-electron chi connectivity index (χ4n) is 2.37. The Morgan fingerprint density at radius 1 is 1.27 bits per heavy atom. The number of hydrogen-bond acceptors (Lipinski definition) is 6. The van der Waals surface area contributed by atoms with Gasteiger partial charge in [0.15, 0.2) is 0 Å². The summed E-state index contributed by atoms with van der Waals surface area (Å²) in [5.74, 6) is 0.923. The van der Waals surface area contributed by atoms with Crippen molar-refractivity contribution in [3.8, 4) is 16.3 Å². The number of methoxy groups -OCH3 is 1. The number of benzene rings is 1. The zero-order chi connectivity index (χ0) is 15.7. The van der Waals surface area contributed by atoms with Crippen LogP contribution in [-0.2, 0) is 4.79 Å². The van der Waals surface area contributed by atoms with Crippen LogP contribution in [0, 0.1) is 0 Å². The fourth-order valence-corrected chi connectivity index (χ4v) is 3.22. The number of amides is 1. The first kappa shape index (κ1) is 14.8. The van der Waals surface area contributed by atoms with Gasteiger partial charge in [-0.25, -0.2) is 0 Å². The van der Waals surface area contributed by atoms with Crippen molar-refractivity contribution in [1.29, 1.82) is 0 Å². The van der Waals surface area contributed by atoms with E-state index in [0.29, 0.717) is 6.54 Å². The molecule has 0 aliphatic carbocycles. The summed E-state index contributed by atoms with van der Waals surface area (Å²) in [7, 11) is 3.48. The van der Waals surface area contributed by atoms with E-state index in [9.17, 15) is 4.79 Å². The molecule has 116 valence electrons. The lowest BCUT2D eigenvalue weighted by Crippen LogP contribution is -2.53. The molecule has 1 aromatic carbocycles. The van der Waals surface area contributed by atoms with E-state index in [1.165, 1.54) is 11.3 Å². The molecule has 0 bridgehead atoms. The molecule has 2 heterocycles. The van der Waals surface area contributed by atoms with Gasteiger partial charge in [0, 0.05) is 25.2 Å². The van der Waals surface area contributed by atoms with Crippen molar-refractivity contribution in [2.24, 2.45) is 0 Å². The van der Waals surface area contributed by atoms with Gasteiger partial charge >= 0.3 is 0 Å². The summed E-state index contributed by atoms with van der Waals surface area (Å²) >= 11 is 1.50. The van der Waals surface area contributed by atoms with Gasteiger partial charge in [-0.05, 0) is 31.2 Å². The number of anilines is 1. The van der Waals surface area contributed by atoms with Crippen LogP contribution in [0.2, 0.25) is 0 Å². The summed E-state index contributed by atoms with van der Waals surface area (Å²) in [6.07, 6.45) is 0. The Morgan fingerprint density at radius 2 is 2.00 bits per heavy atom. The molecular formula is C15H18N4O2S. The van der Waals surface area contributed by atoms with Crippen LogP contribution in [0.1, 0.15) is 6.92 Å². The first-order valence-electron chi connectivity index (χ1n) is 7.07. The summed E-state index contributed by atoms with van der Waals surface area (Å²) in [4.78, 5) is 15.7. The first-order valence-corrected chi connectivity index (χ1v) is 7.88. The minimum absolute atomic E-state index is 0.111. The summed E-state index contributed by atoms with van der Waals surface area (Å²) < 4.78 is 5.16. The van der Waals surface area contributed by atoms with Crippen LogP contribution in [0.3, 0.4) is 0 Å². The molecule has 3 rings (SSSR count). The molecule has 7 heteroatoms. The number of aromatic nitrogens is 2. The van der Waals surface area contributed by atoms with Gasteiger partial charge in [-0.15, -0.1) is 10.2 Å². The predicted octanol–water partition coefficient (Wildman–Crippen LogP) is 1.88. The van der Waals surface area contributed by atoms with E-state index in [1.807, 2.05) is 43.1 Å². The van der Waals surface area contributed by atoms with Gasteiger partial charge in [-0.3, -0.25) is 4.79 Å². The van der Waals surface area contributed by atoms with E-state index in [0.717, 1.165) is 28.0 Å². The Bertz CT molecular complexity index is 670. The summed E-state index contributed by atoms with van der Waals surface area (Å²) in [5, 5.41) is 10.1. The summed E-state index contributed by atoms with van der Waals surface area (Å²) in [6, 6.07) is 7.90. The highest BCUT2D eigenvalue weighted by atomic mass is 32.1. The minimum Gasteiger partial charge on any atom is -0.497 e. The topological polar surface area (TPSA) is 58.6 Å². The van der Waals surface area contributed by atoms with Crippen molar-refractivity contribution in [3.63, 3.8) is 0 Å². The molecule has 0 radical (unpaired) electrons. The van der Waals surface area contributed by atoms with E-state index in [-0.39, 0.29) is 11.9 Å². The van der Waals surface area contributed by atoms with Crippen LogP contribution in [0.25, 0.3) is 10.6 Å². The Hall–Kier alpha value is -2.15. The Labute approximate surface area is 133 Å². The van der Waals surface area contributed by atoms with Gasteiger partial charge in [-0.2, -0.15) is 0 Å². The van der Waals surface area contributed by atoms with Crippen LogP contribution < -0.4 is 9.64 Å². The van der Waals surface area contributed by atoms with Crippen molar-refractivity contribution in [3.05, 3.63) is 24.3 Å². The molecular weight excluding hydrogens is 300 g/mol. The van der Waals surface area contributed by atoms with E-state index in [4.69, 9.17) is 4.74 Å². The van der Waals surface area contributed by atoms with Gasteiger partial charge in [0.05, 0.1) is 13.7 Å². The largest absolute Gasteiger partial charge is 0.497 e. The number of carbonyl (C=O) groups is 1. The average molecular weight is 318 g/mol. The molecule has 0 N–H and O–H groups in total. The minimum atomic E-state index is 0.111. The average Bonchev–Trinajstić information content (AvgIpc) is 3.02. The van der Waals surface area contributed by atoms with E-state index < -0.39 is 0 Å². The molecule has 1 fully saturated rings. The number of piperazine rings is 1. The van der Waals surface area contributed by atoms with Crippen molar-refractivity contribution in [2.75, 3.05) is 32.1 Å².